The van der Waals surface area contributed by atoms with Gasteiger partial charge in [-0.05, 0) is 25.1 Å². The number of aromatic amines is 1. The zero-order chi connectivity index (χ0) is 18.7. The molecule has 1 aromatic heterocycles. The highest BCUT2D eigenvalue weighted by Gasteiger charge is 2.26. The number of nitrogens with zero attached hydrogens (tertiary/aromatic N) is 1. The number of nitrogens with one attached hydrogen (secondary N) is 3. The van der Waals surface area contributed by atoms with Gasteiger partial charge in [0, 0.05) is 25.0 Å². The first-order valence-corrected chi connectivity index (χ1v) is 8.56. The number of carbonyl (C=O) groups is 2. The van der Waals surface area contributed by atoms with Gasteiger partial charge in [-0.1, -0.05) is 0 Å². The van der Waals surface area contributed by atoms with Gasteiger partial charge in [-0.3, -0.25) is 9.59 Å². The van der Waals surface area contributed by atoms with Gasteiger partial charge in [-0.25, -0.2) is 0 Å². The summed E-state index contributed by atoms with van der Waals surface area (Å²) in [6, 6.07) is 4.36. The van der Waals surface area contributed by atoms with Gasteiger partial charge in [-0.15, -0.1) is 0 Å². The molecule has 0 aliphatic heterocycles. The van der Waals surface area contributed by atoms with Crippen LogP contribution in [0.2, 0.25) is 0 Å². The summed E-state index contributed by atoms with van der Waals surface area (Å²) >= 11 is 2.14. The molecule has 0 saturated carbocycles. The number of likely N-dealkylation sites (N-methyl/N-ethyl adjacent to an activating group) is 1. The first-order chi connectivity index (χ1) is 11.8. The molecular weight excluding hydrogens is 439 g/mol. The van der Waals surface area contributed by atoms with E-state index >= 15 is 0 Å². The molecule has 2 rings (SSSR count). The number of hydrogen-bond acceptors (Lipinski definition) is 5. The lowest BCUT2D eigenvalue weighted by atomic mass is 10.1. The predicted octanol–water partition coefficient (Wildman–Crippen LogP) is 1.19. The Kier molecular flexibility index (Phi) is 6.11. The molecule has 0 unspecified atom stereocenters. The zero-order valence-corrected chi connectivity index (χ0v) is 16.5. The SMILES string of the molecule is CNC(=O)[C@@H](NC(=O)c1cc2c(OC)c(N(C)I)ccc2[nH]1)[C@@H](C)O. The van der Waals surface area contributed by atoms with Gasteiger partial charge >= 0.3 is 0 Å². The number of anilines is 1. The summed E-state index contributed by atoms with van der Waals surface area (Å²) in [4.78, 5) is 27.3. The molecule has 2 atom stereocenters. The van der Waals surface area contributed by atoms with Gasteiger partial charge in [0.2, 0.25) is 5.91 Å². The Balaban J connectivity index is 2.38. The van der Waals surface area contributed by atoms with Crippen LogP contribution in [-0.4, -0.2) is 55.3 Å². The molecule has 1 heterocycles. The van der Waals surface area contributed by atoms with Crippen molar-refractivity contribution in [2.24, 2.45) is 0 Å². The molecule has 0 radical (unpaired) electrons. The van der Waals surface area contributed by atoms with Gasteiger partial charge in [0.15, 0.2) is 5.75 Å². The van der Waals surface area contributed by atoms with Gasteiger partial charge < -0.3 is 28.6 Å². The van der Waals surface area contributed by atoms with E-state index in [9.17, 15) is 14.7 Å². The molecule has 0 bridgehead atoms. The lowest BCUT2D eigenvalue weighted by Gasteiger charge is -2.19. The van der Waals surface area contributed by atoms with Crippen molar-refractivity contribution in [1.82, 2.24) is 15.6 Å². The molecule has 8 nitrogen and oxygen atoms in total. The number of H-pyrrole nitrogens is 1. The van der Waals surface area contributed by atoms with Gasteiger partial charge in [-0.2, -0.15) is 0 Å². The summed E-state index contributed by atoms with van der Waals surface area (Å²) < 4.78 is 7.37. The van der Waals surface area contributed by atoms with Crippen LogP contribution in [0.4, 0.5) is 5.69 Å². The van der Waals surface area contributed by atoms with Gasteiger partial charge in [0.25, 0.3) is 5.91 Å². The Bertz CT molecular complexity index is 788. The van der Waals surface area contributed by atoms with E-state index in [-0.39, 0.29) is 5.69 Å². The van der Waals surface area contributed by atoms with Crippen molar-refractivity contribution >= 4 is 51.3 Å². The average Bonchev–Trinajstić information content (AvgIpc) is 3.01. The van der Waals surface area contributed by atoms with Gasteiger partial charge in [0.05, 0.1) is 41.8 Å². The van der Waals surface area contributed by atoms with Crippen LogP contribution in [0.5, 0.6) is 5.75 Å². The topological polar surface area (TPSA) is 107 Å². The summed E-state index contributed by atoms with van der Waals surface area (Å²) in [6.07, 6.45) is -1.03. The van der Waals surface area contributed by atoms with Crippen LogP contribution in [0, 0.1) is 0 Å². The van der Waals surface area contributed by atoms with Crippen molar-refractivity contribution in [1.29, 1.82) is 0 Å². The molecule has 1 aromatic carbocycles. The molecule has 0 spiro atoms. The normalized spacial score (nSPS) is 13.2. The van der Waals surface area contributed by atoms with Crippen LogP contribution in [0.15, 0.2) is 18.2 Å². The fraction of sp³-hybridized carbons (Fsp3) is 0.375. The molecule has 2 aromatic rings. The molecule has 2 amide bonds. The second kappa shape index (κ2) is 7.91. The molecule has 136 valence electrons. The molecule has 25 heavy (non-hydrogen) atoms. The Labute approximate surface area is 159 Å². The number of benzene rings is 1. The maximum Gasteiger partial charge on any atom is 0.268 e. The van der Waals surface area contributed by atoms with Crippen LogP contribution in [0.25, 0.3) is 10.9 Å². The van der Waals surface area contributed by atoms with E-state index in [0.717, 1.165) is 16.6 Å². The average molecular weight is 460 g/mol. The Morgan fingerprint density at radius 1 is 1.40 bits per heavy atom. The molecule has 0 aliphatic carbocycles. The number of fused-ring (bicyclic) bond motifs is 1. The highest BCUT2D eigenvalue weighted by Crippen LogP contribution is 2.37. The maximum absolute atomic E-state index is 12.5. The molecule has 4 N–H and O–H groups in total. The minimum absolute atomic E-state index is 0.274. The standard InChI is InChI=1S/C16H21IN4O4/c1-8(22)13(16(24)18-2)20-15(23)11-7-9-10(19-11)5-6-12(21(3)17)14(9)25-4/h5-8,13,19,22H,1-4H3,(H,18,24)(H,20,23)/t8-,13+/m1/s1. The number of halogens is 1. The molecule has 0 fully saturated rings. The summed E-state index contributed by atoms with van der Waals surface area (Å²) in [7, 11) is 4.90. The Morgan fingerprint density at radius 2 is 2.08 bits per heavy atom. The van der Waals surface area contributed by atoms with E-state index in [1.165, 1.54) is 14.0 Å². The summed E-state index contributed by atoms with van der Waals surface area (Å²) in [5.41, 5.74) is 1.88. The smallest absolute Gasteiger partial charge is 0.268 e. The third kappa shape index (κ3) is 3.98. The minimum Gasteiger partial charge on any atom is -0.494 e. The van der Waals surface area contributed by atoms with Crippen LogP contribution >= 0.6 is 22.9 Å². The summed E-state index contributed by atoms with van der Waals surface area (Å²) in [6.45, 7) is 1.44. The second-order valence-electron chi connectivity index (χ2n) is 5.55. The number of ether oxygens (including phenoxy) is 1. The number of aromatic nitrogens is 1. The highest BCUT2D eigenvalue weighted by molar-refractivity contribution is 14.1. The largest absolute Gasteiger partial charge is 0.494 e. The number of amides is 2. The van der Waals surface area contributed by atoms with E-state index in [0.29, 0.717) is 5.75 Å². The van der Waals surface area contributed by atoms with Crippen LogP contribution in [0.3, 0.4) is 0 Å². The van der Waals surface area contributed by atoms with E-state index in [1.807, 2.05) is 22.3 Å². The highest BCUT2D eigenvalue weighted by atomic mass is 127. The third-order valence-electron chi connectivity index (χ3n) is 3.81. The zero-order valence-electron chi connectivity index (χ0n) is 14.4. The maximum atomic E-state index is 12.5. The first-order valence-electron chi connectivity index (χ1n) is 7.59. The molecule has 0 saturated heterocycles. The van der Waals surface area contributed by atoms with E-state index in [1.54, 1.807) is 13.2 Å². The number of aliphatic hydroxyl groups excluding tert-OH is 1. The van der Waals surface area contributed by atoms with Gasteiger partial charge in [0.1, 0.15) is 11.7 Å². The molecular formula is C16H21IN4O4. The number of aliphatic hydroxyl groups is 1. The van der Waals surface area contributed by atoms with Crippen molar-refractivity contribution in [2.45, 2.75) is 19.1 Å². The number of hydrogen-bond donors (Lipinski definition) is 4. The minimum atomic E-state index is -1.04. The van der Waals surface area contributed by atoms with Crippen molar-refractivity contribution in [3.8, 4) is 5.75 Å². The van der Waals surface area contributed by atoms with Crippen molar-refractivity contribution in [3.63, 3.8) is 0 Å². The van der Waals surface area contributed by atoms with Crippen LogP contribution in [-0.2, 0) is 4.79 Å². The lowest BCUT2D eigenvalue weighted by molar-refractivity contribution is -0.124. The number of carbonyl (C=O) groups excluding carboxylic acids is 2. The number of methoxy groups -OCH3 is 1. The Hall–Kier alpha value is -2.01. The molecule has 0 aliphatic rings. The number of rotatable bonds is 6. The lowest BCUT2D eigenvalue weighted by Crippen LogP contribution is -2.51. The van der Waals surface area contributed by atoms with E-state index in [4.69, 9.17) is 4.74 Å². The van der Waals surface area contributed by atoms with Crippen molar-refractivity contribution < 1.29 is 19.4 Å². The van der Waals surface area contributed by atoms with E-state index < -0.39 is 24.0 Å². The monoisotopic (exact) mass is 460 g/mol. The quantitative estimate of drug-likeness (QED) is 0.383. The second-order valence-corrected chi connectivity index (χ2v) is 6.99. The van der Waals surface area contributed by atoms with E-state index in [2.05, 4.69) is 38.5 Å². The summed E-state index contributed by atoms with van der Waals surface area (Å²) in [5.74, 6) is -0.314. The van der Waals surface area contributed by atoms with Crippen molar-refractivity contribution in [3.05, 3.63) is 23.9 Å². The first kappa shape index (κ1) is 19.3. The fourth-order valence-corrected chi connectivity index (χ4v) is 2.90. The molecule has 9 heteroatoms. The predicted molar refractivity (Wildman–Crippen MR) is 104 cm³/mol. The summed E-state index contributed by atoms with van der Waals surface area (Å²) in [5, 5.41) is 15.4. The van der Waals surface area contributed by atoms with Crippen LogP contribution < -0.4 is 18.5 Å². The van der Waals surface area contributed by atoms with Crippen LogP contribution in [0.1, 0.15) is 17.4 Å². The van der Waals surface area contributed by atoms with Crippen molar-refractivity contribution in [2.75, 3.05) is 24.3 Å². The third-order valence-corrected chi connectivity index (χ3v) is 4.33. The Morgan fingerprint density at radius 3 is 2.60 bits per heavy atom. The fourth-order valence-electron chi connectivity index (χ4n) is 2.53.